The van der Waals surface area contributed by atoms with Crippen LogP contribution in [0.4, 0.5) is 5.69 Å². The van der Waals surface area contributed by atoms with Gasteiger partial charge in [-0.25, -0.2) is 0 Å². The van der Waals surface area contributed by atoms with Crippen molar-refractivity contribution < 1.29 is 4.74 Å². The molecule has 0 bridgehead atoms. The predicted molar refractivity (Wildman–Crippen MR) is 74.4 cm³/mol. The number of rotatable bonds is 4. The minimum absolute atomic E-state index is 0.522. The fourth-order valence-corrected chi connectivity index (χ4v) is 2.55. The van der Waals surface area contributed by atoms with Crippen LogP contribution in [-0.4, -0.2) is 31.8 Å². The molecule has 1 unspecified atom stereocenters. The van der Waals surface area contributed by atoms with E-state index in [0.29, 0.717) is 6.04 Å². The van der Waals surface area contributed by atoms with E-state index in [0.717, 1.165) is 37.9 Å². The van der Waals surface area contributed by atoms with Crippen LogP contribution in [0.2, 0.25) is 0 Å². The van der Waals surface area contributed by atoms with Gasteiger partial charge in [-0.1, -0.05) is 12.1 Å². The number of benzene rings is 1. The molecule has 1 aliphatic carbocycles. The summed E-state index contributed by atoms with van der Waals surface area (Å²) in [5, 5.41) is 3.62. The monoisotopic (exact) mass is 246 g/mol. The highest BCUT2D eigenvalue weighted by Crippen LogP contribution is 2.31. The lowest BCUT2D eigenvalue weighted by Crippen LogP contribution is -2.41. The van der Waals surface area contributed by atoms with Crippen molar-refractivity contribution >= 4 is 5.69 Å². The van der Waals surface area contributed by atoms with Crippen LogP contribution in [0.5, 0.6) is 5.75 Å². The molecule has 0 radical (unpaired) electrons. The molecule has 1 saturated carbocycles. The highest BCUT2D eigenvalue weighted by molar-refractivity contribution is 5.59. The number of para-hydroxylation sites is 2. The second kappa shape index (κ2) is 5.19. The fraction of sp³-hybridized carbons (Fsp3) is 0.600. The molecule has 1 fully saturated rings. The summed E-state index contributed by atoms with van der Waals surface area (Å²) < 4.78 is 5.80. The average molecular weight is 246 g/mol. The lowest BCUT2D eigenvalue weighted by Gasteiger charge is -2.30. The molecule has 18 heavy (non-hydrogen) atoms. The zero-order valence-corrected chi connectivity index (χ0v) is 11.1. The van der Waals surface area contributed by atoms with Crippen LogP contribution in [0.15, 0.2) is 24.3 Å². The Bertz CT molecular complexity index is 403. The second-order valence-electron chi connectivity index (χ2n) is 5.39. The zero-order chi connectivity index (χ0) is 12.4. The number of ether oxygens (including phenoxy) is 1. The van der Waals surface area contributed by atoms with E-state index in [1.54, 1.807) is 0 Å². The first-order valence-corrected chi connectivity index (χ1v) is 7.06. The van der Waals surface area contributed by atoms with Crippen LogP contribution in [0.3, 0.4) is 0 Å². The summed E-state index contributed by atoms with van der Waals surface area (Å²) in [7, 11) is 0. The summed E-state index contributed by atoms with van der Waals surface area (Å²) >= 11 is 0. The Morgan fingerprint density at radius 1 is 1.39 bits per heavy atom. The van der Waals surface area contributed by atoms with Crippen LogP contribution in [-0.2, 0) is 0 Å². The number of hydrogen-bond acceptors (Lipinski definition) is 3. The van der Waals surface area contributed by atoms with Gasteiger partial charge >= 0.3 is 0 Å². The largest absolute Gasteiger partial charge is 0.491 e. The van der Waals surface area contributed by atoms with Crippen molar-refractivity contribution in [3.63, 3.8) is 0 Å². The minimum atomic E-state index is 0.522. The van der Waals surface area contributed by atoms with Gasteiger partial charge in [0.05, 0.1) is 12.3 Å². The lowest BCUT2D eigenvalue weighted by molar-refractivity contribution is 0.322. The molecule has 0 aromatic heterocycles. The number of nitrogens with zero attached hydrogens (tertiary/aromatic N) is 1. The first-order valence-electron chi connectivity index (χ1n) is 7.06. The van der Waals surface area contributed by atoms with Gasteiger partial charge in [-0.15, -0.1) is 0 Å². The smallest absolute Gasteiger partial charge is 0.142 e. The molecule has 3 heteroatoms. The van der Waals surface area contributed by atoms with Crippen molar-refractivity contribution in [1.29, 1.82) is 0 Å². The van der Waals surface area contributed by atoms with E-state index in [4.69, 9.17) is 4.74 Å². The normalized spacial score (nSPS) is 20.8. The first-order chi connectivity index (χ1) is 8.84. The molecule has 1 N–H and O–H groups in total. The van der Waals surface area contributed by atoms with E-state index < -0.39 is 0 Å². The van der Waals surface area contributed by atoms with Crippen molar-refractivity contribution in [1.82, 2.24) is 5.32 Å². The Hall–Kier alpha value is -1.22. The Morgan fingerprint density at radius 3 is 3.06 bits per heavy atom. The summed E-state index contributed by atoms with van der Waals surface area (Å²) in [5.74, 6) is 1.04. The summed E-state index contributed by atoms with van der Waals surface area (Å²) in [6.45, 7) is 5.29. The molecule has 0 saturated heterocycles. The highest BCUT2D eigenvalue weighted by atomic mass is 16.5. The van der Waals surface area contributed by atoms with Crippen molar-refractivity contribution in [2.75, 3.05) is 24.6 Å². The van der Waals surface area contributed by atoms with Gasteiger partial charge < -0.3 is 15.0 Å². The molecule has 1 aromatic carbocycles. The molecular weight excluding hydrogens is 224 g/mol. The first kappa shape index (κ1) is 11.8. The standard InChI is InChI=1S/C15H22N2O/c1-12(11-16-13-7-8-13)17-9-4-10-18-15-6-3-2-5-14(15)17/h2-3,5-6,12-13,16H,4,7-11H2,1H3. The third-order valence-corrected chi connectivity index (χ3v) is 3.79. The van der Waals surface area contributed by atoms with E-state index in [2.05, 4.69) is 41.4 Å². The molecule has 3 rings (SSSR count). The Morgan fingerprint density at radius 2 is 2.22 bits per heavy atom. The lowest BCUT2D eigenvalue weighted by atomic mass is 10.2. The summed E-state index contributed by atoms with van der Waals surface area (Å²) in [5.41, 5.74) is 1.25. The quantitative estimate of drug-likeness (QED) is 0.883. The van der Waals surface area contributed by atoms with Crippen LogP contribution in [0.1, 0.15) is 26.2 Å². The molecule has 2 aliphatic rings. The third-order valence-electron chi connectivity index (χ3n) is 3.79. The van der Waals surface area contributed by atoms with Crippen molar-refractivity contribution in [3.05, 3.63) is 24.3 Å². The maximum absolute atomic E-state index is 5.80. The zero-order valence-electron chi connectivity index (χ0n) is 11.1. The second-order valence-corrected chi connectivity index (χ2v) is 5.39. The van der Waals surface area contributed by atoms with E-state index in [1.807, 2.05) is 0 Å². The molecule has 1 atom stereocenters. The van der Waals surface area contributed by atoms with Gasteiger partial charge in [0.15, 0.2) is 0 Å². The van der Waals surface area contributed by atoms with Gasteiger partial charge in [0.2, 0.25) is 0 Å². The average Bonchev–Trinajstić information content (AvgIpc) is 3.22. The maximum Gasteiger partial charge on any atom is 0.142 e. The topological polar surface area (TPSA) is 24.5 Å². The minimum Gasteiger partial charge on any atom is -0.491 e. The van der Waals surface area contributed by atoms with E-state index in [9.17, 15) is 0 Å². The molecule has 1 aromatic rings. The molecule has 1 aliphatic heterocycles. The summed E-state index contributed by atoms with van der Waals surface area (Å²) in [6.07, 6.45) is 3.81. The SMILES string of the molecule is CC(CNC1CC1)N1CCCOc2ccccc21. The van der Waals surface area contributed by atoms with E-state index in [1.165, 1.54) is 18.5 Å². The number of nitrogens with one attached hydrogen (secondary N) is 1. The van der Waals surface area contributed by atoms with E-state index >= 15 is 0 Å². The molecule has 3 nitrogen and oxygen atoms in total. The molecule has 1 heterocycles. The van der Waals surface area contributed by atoms with Gasteiger partial charge in [0.1, 0.15) is 5.75 Å². The van der Waals surface area contributed by atoms with Crippen LogP contribution in [0, 0.1) is 0 Å². The predicted octanol–water partition coefficient (Wildman–Crippen LogP) is 2.42. The Kier molecular flexibility index (Phi) is 3.41. The van der Waals surface area contributed by atoms with Crippen LogP contribution in [0.25, 0.3) is 0 Å². The maximum atomic E-state index is 5.80. The molecular formula is C15H22N2O. The van der Waals surface area contributed by atoms with Crippen molar-refractivity contribution in [3.8, 4) is 5.75 Å². The van der Waals surface area contributed by atoms with Gasteiger partial charge in [0, 0.05) is 25.2 Å². The van der Waals surface area contributed by atoms with Gasteiger partial charge in [-0.2, -0.15) is 0 Å². The number of hydrogen-bond donors (Lipinski definition) is 1. The third kappa shape index (κ3) is 2.61. The van der Waals surface area contributed by atoms with Crippen molar-refractivity contribution in [2.45, 2.75) is 38.3 Å². The van der Waals surface area contributed by atoms with Crippen molar-refractivity contribution in [2.24, 2.45) is 0 Å². The highest BCUT2D eigenvalue weighted by Gasteiger charge is 2.24. The number of fused-ring (bicyclic) bond motifs is 1. The van der Waals surface area contributed by atoms with Gasteiger partial charge in [0.25, 0.3) is 0 Å². The molecule has 0 spiro atoms. The van der Waals surface area contributed by atoms with Crippen LogP contribution >= 0.6 is 0 Å². The molecule has 98 valence electrons. The number of anilines is 1. The Balaban J connectivity index is 1.73. The summed E-state index contributed by atoms with van der Waals surface area (Å²) in [4.78, 5) is 2.48. The Labute approximate surface area is 109 Å². The van der Waals surface area contributed by atoms with Crippen LogP contribution < -0.4 is 15.0 Å². The van der Waals surface area contributed by atoms with Gasteiger partial charge in [-0.3, -0.25) is 0 Å². The van der Waals surface area contributed by atoms with E-state index in [-0.39, 0.29) is 0 Å². The fourth-order valence-electron chi connectivity index (χ4n) is 2.55. The summed E-state index contributed by atoms with van der Waals surface area (Å²) in [6, 6.07) is 9.71. The molecule has 0 amide bonds. The van der Waals surface area contributed by atoms with Gasteiger partial charge in [-0.05, 0) is 38.3 Å².